The van der Waals surface area contributed by atoms with Crippen molar-refractivity contribution in [2.75, 3.05) is 5.73 Å². The van der Waals surface area contributed by atoms with Crippen molar-refractivity contribution in [3.63, 3.8) is 0 Å². The van der Waals surface area contributed by atoms with Crippen LogP contribution in [0.1, 0.15) is 17.0 Å². The quantitative estimate of drug-likeness (QED) is 0.704. The Morgan fingerprint density at radius 2 is 2.12 bits per heavy atom. The molecule has 6 heteroatoms. The first-order valence-electron chi connectivity index (χ1n) is 8.11. The Bertz CT molecular complexity index is 1040. The predicted octanol–water partition coefficient (Wildman–Crippen LogP) is 3.57. The second kappa shape index (κ2) is 6.73. The molecule has 0 amide bonds. The van der Waals surface area contributed by atoms with E-state index in [2.05, 4.69) is 22.7 Å². The number of rotatable bonds is 4. The number of nitriles is 1. The molecule has 2 heterocycles. The van der Waals surface area contributed by atoms with Gasteiger partial charge in [0.05, 0.1) is 17.9 Å². The van der Waals surface area contributed by atoms with Gasteiger partial charge in [0.1, 0.15) is 23.2 Å². The van der Waals surface area contributed by atoms with Gasteiger partial charge in [-0.05, 0) is 32.0 Å². The molecule has 3 rings (SSSR count). The van der Waals surface area contributed by atoms with Gasteiger partial charge in [-0.3, -0.25) is 4.68 Å². The van der Waals surface area contributed by atoms with Crippen LogP contribution in [0, 0.1) is 25.2 Å². The smallest absolute Gasteiger partial charge is 0.142 e. The van der Waals surface area contributed by atoms with Crippen LogP contribution < -0.4 is 5.73 Å². The standard InChI is InChI=1S/C20H19N5O/c1-4-8-25-13(3)19(12(2)24-25)16-10-18(23-20(22)17(16)11-21)14-6-5-7-15(26)9-14/h4-7,9-10,26H,1,8H2,2-3H3,(H2,22,23). The van der Waals surface area contributed by atoms with Gasteiger partial charge in [0.25, 0.3) is 0 Å². The molecule has 0 aliphatic heterocycles. The maximum atomic E-state index is 9.75. The van der Waals surface area contributed by atoms with Crippen molar-refractivity contribution in [1.29, 1.82) is 5.26 Å². The molecule has 0 aliphatic rings. The molecule has 0 saturated heterocycles. The van der Waals surface area contributed by atoms with Crippen LogP contribution >= 0.6 is 0 Å². The van der Waals surface area contributed by atoms with Crippen molar-refractivity contribution < 1.29 is 5.11 Å². The van der Waals surface area contributed by atoms with Gasteiger partial charge in [0, 0.05) is 22.4 Å². The van der Waals surface area contributed by atoms with Crippen LogP contribution in [0.5, 0.6) is 5.75 Å². The van der Waals surface area contributed by atoms with Gasteiger partial charge in [-0.2, -0.15) is 10.4 Å². The minimum absolute atomic E-state index is 0.139. The maximum Gasteiger partial charge on any atom is 0.142 e. The van der Waals surface area contributed by atoms with Crippen LogP contribution in [0.15, 0.2) is 43.0 Å². The van der Waals surface area contributed by atoms with E-state index in [4.69, 9.17) is 5.73 Å². The van der Waals surface area contributed by atoms with Crippen molar-refractivity contribution in [2.45, 2.75) is 20.4 Å². The summed E-state index contributed by atoms with van der Waals surface area (Å²) in [6.07, 6.45) is 1.77. The van der Waals surface area contributed by atoms with Crippen molar-refractivity contribution in [3.05, 3.63) is 59.9 Å². The highest BCUT2D eigenvalue weighted by Crippen LogP contribution is 2.35. The minimum Gasteiger partial charge on any atom is -0.508 e. The summed E-state index contributed by atoms with van der Waals surface area (Å²) >= 11 is 0. The molecule has 0 fully saturated rings. The van der Waals surface area contributed by atoms with E-state index < -0.39 is 0 Å². The van der Waals surface area contributed by atoms with Gasteiger partial charge in [-0.1, -0.05) is 18.2 Å². The number of phenolic OH excluding ortho intramolecular Hbond substituents is 1. The van der Waals surface area contributed by atoms with E-state index >= 15 is 0 Å². The molecule has 0 unspecified atom stereocenters. The van der Waals surface area contributed by atoms with Crippen LogP contribution in [0.25, 0.3) is 22.4 Å². The molecule has 130 valence electrons. The molecule has 6 nitrogen and oxygen atoms in total. The van der Waals surface area contributed by atoms with E-state index in [1.54, 1.807) is 24.3 Å². The Balaban J connectivity index is 2.28. The highest BCUT2D eigenvalue weighted by molar-refractivity contribution is 5.82. The Morgan fingerprint density at radius 1 is 1.35 bits per heavy atom. The lowest BCUT2D eigenvalue weighted by atomic mass is 9.97. The zero-order valence-corrected chi connectivity index (χ0v) is 14.7. The predicted molar refractivity (Wildman–Crippen MR) is 101 cm³/mol. The molecular formula is C20H19N5O. The molecule has 3 N–H and O–H groups in total. The molecule has 0 bridgehead atoms. The number of nitrogens with two attached hydrogens (primary N) is 1. The zero-order chi connectivity index (χ0) is 18.8. The lowest BCUT2D eigenvalue weighted by Crippen LogP contribution is -2.02. The normalized spacial score (nSPS) is 10.5. The summed E-state index contributed by atoms with van der Waals surface area (Å²) < 4.78 is 1.84. The molecule has 0 spiro atoms. The molecule has 1 aromatic carbocycles. The first-order valence-corrected chi connectivity index (χ1v) is 8.11. The largest absolute Gasteiger partial charge is 0.508 e. The van der Waals surface area contributed by atoms with Gasteiger partial charge in [0.2, 0.25) is 0 Å². The molecule has 26 heavy (non-hydrogen) atoms. The minimum atomic E-state index is 0.139. The summed E-state index contributed by atoms with van der Waals surface area (Å²) in [5, 5.41) is 23.9. The van der Waals surface area contributed by atoms with Gasteiger partial charge >= 0.3 is 0 Å². The van der Waals surface area contributed by atoms with E-state index in [1.807, 2.05) is 30.7 Å². The second-order valence-corrected chi connectivity index (χ2v) is 5.99. The number of hydrogen-bond acceptors (Lipinski definition) is 5. The zero-order valence-electron chi connectivity index (χ0n) is 14.7. The fourth-order valence-electron chi connectivity index (χ4n) is 3.08. The number of pyridine rings is 1. The van der Waals surface area contributed by atoms with Gasteiger partial charge in [-0.25, -0.2) is 4.98 Å². The number of nitrogen functional groups attached to an aromatic ring is 1. The van der Waals surface area contributed by atoms with Crippen molar-refractivity contribution in [1.82, 2.24) is 14.8 Å². The monoisotopic (exact) mass is 345 g/mol. The van der Waals surface area contributed by atoms with Crippen molar-refractivity contribution in [3.8, 4) is 34.2 Å². The Morgan fingerprint density at radius 3 is 2.77 bits per heavy atom. The van der Waals surface area contributed by atoms with E-state index in [-0.39, 0.29) is 11.6 Å². The van der Waals surface area contributed by atoms with Crippen molar-refractivity contribution in [2.24, 2.45) is 0 Å². The average Bonchev–Trinajstić information content (AvgIpc) is 2.88. The van der Waals surface area contributed by atoms with Gasteiger partial charge in [0.15, 0.2) is 0 Å². The highest BCUT2D eigenvalue weighted by atomic mass is 16.3. The number of aryl methyl sites for hydroxylation is 1. The Kier molecular flexibility index (Phi) is 4.46. The van der Waals surface area contributed by atoms with Crippen LogP contribution in [-0.4, -0.2) is 19.9 Å². The Hall–Kier alpha value is -3.59. The molecule has 0 atom stereocenters. The van der Waals surface area contributed by atoms with Gasteiger partial charge in [-0.15, -0.1) is 6.58 Å². The summed E-state index contributed by atoms with van der Waals surface area (Å²) in [6.45, 7) is 8.18. The van der Waals surface area contributed by atoms with Crippen molar-refractivity contribution >= 4 is 5.82 Å². The lowest BCUT2D eigenvalue weighted by molar-refractivity contribution is 0.475. The number of nitrogens with zero attached hydrogens (tertiary/aromatic N) is 4. The summed E-state index contributed by atoms with van der Waals surface area (Å²) in [4.78, 5) is 4.34. The Labute approximate surface area is 151 Å². The molecule has 0 radical (unpaired) electrons. The summed E-state index contributed by atoms with van der Waals surface area (Å²) in [6, 6.07) is 10.7. The van der Waals surface area contributed by atoms with Crippen LogP contribution in [0.2, 0.25) is 0 Å². The third kappa shape index (κ3) is 2.91. The fraction of sp³-hybridized carbons (Fsp3) is 0.150. The molecule has 0 aliphatic carbocycles. The summed E-state index contributed by atoms with van der Waals surface area (Å²) in [7, 11) is 0. The second-order valence-electron chi connectivity index (χ2n) is 5.99. The first-order chi connectivity index (χ1) is 12.5. The molecular weight excluding hydrogens is 326 g/mol. The molecule has 3 aromatic rings. The van der Waals surface area contributed by atoms with Crippen LogP contribution in [0.4, 0.5) is 5.82 Å². The van der Waals surface area contributed by atoms with Crippen LogP contribution in [-0.2, 0) is 6.54 Å². The molecule has 2 aromatic heterocycles. The lowest BCUT2D eigenvalue weighted by Gasteiger charge is -2.11. The van der Waals surface area contributed by atoms with E-state index in [9.17, 15) is 10.4 Å². The number of aromatic nitrogens is 3. The maximum absolute atomic E-state index is 9.75. The number of phenols is 1. The number of benzene rings is 1. The fourth-order valence-corrected chi connectivity index (χ4v) is 3.08. The van der Waals surface area contributed by atoms with E-state index in [0.717, 1.165) is 22.5 Å². The third-order valence-corrected chi connectivity index (χ3v) is 4.25. The highest BCUT2D eigenvalue weighted by Gasteiger charge is 2.20. The molecule has 0 saturated carbocycles. The van der Waals surface area contributed by atoms with E-state index in [0.29, 0.717) is 23.4 Å². The number of aromatic hydroxyl groups is 1. The average molecular weight is 345 g/mol. The number of anilines is 1. The number of hydrogen-bond donors (Lipinski definition) is 2. The van der Waals surface area contributed by atoms with Crippen LogP contribution in [0.3, 0.4) is 0 Å². The SMILES string of the molecule is C=CCn1nc(C)c(-c2cc(-c3cccc(O)c3)nc(N)c2C#N)c1C. The third-order valence-electron chi connectivity index (χ3n) is 4.25. The topological polar surface area (TPSA) is 101 Å². The van der Waals surface area contributed by atoms with Gasteiger partial charge < -0.3 is 10.8 Å². The summed E-state index contributed by atoms with van der Waals surface area (Å²) in [5.41, 5.74) is 11.0. The summed E-state index contributed by atoms with van der Waals surface area (Å²) in [5.74, 6) is 0.290. The number of allylic oxidation sites excluding steroid dienone is 1. The van der Waals surface area contributed by atoms with E-state index in [1.165, 1.54) is 0 Å². The first kappa shape index (κ1) is 17.2.